The van der Waals surface area contributed by atoms with E-state index in [4.69, 9.17) is 16.3 Å². The van der Waals surface area contributed by atoms with Crippen molar-refractivity contribution in [3.8, 4) is 5.75 Å². The summed E-state index contributed by atoms with van der Waals surface area (Å²) in [6, 6.07) is 4.57. The second kappa shape index (κ2) is 5.10. The lowest BCUT2D eigenvalue weighted by Crippen LogP contribution is -2.24. The van der Waals surface area contributed by atoms with Crippen LogP contribution in [0.15, 0.2) is 12.1 Å². The summed E-state index contributed by atoms with van der Waals surface area (Å²) < 4.78 is 5.82. The fourth-order valence-corrected chi connectivity index (χ4v) is 3.04. The minimum Gasteiger partial charge on any atom is -0.493 e. The Kier molecular flexibility index (Phi) is 3.49. The van der Waals surface area contributed by atoms with E-state index in [9.17, 15) is 0 Å². The van der Waals surface area contributed by atoms with E-state index < -0.39 is 0 Å². The van der Waals surface area contributed by atoms with E-state index in [1.54, 1.807) is 0 Å². The van der Waals surface area contributed by atoms with E-state index in [0.717, 1.165) is 42.7 Å². The molecule has 1 aliphatic carbocycles. The molecule has 1 fully saturated rings. The van der Waals surface area contributed by atoms with Crippen LogP contribution in [0.5, 0.6) is 5.75 Å². The van der Waals surface area contributed by atoms with E-state index >= 15 is 0 Å². The van der Waals surface area contributed by atoms with Crippen LogP contribution < -0.4 is 10.1 Å². The third-order valence-electron chi connectivity index (χ3n) is 3.82. The van der Waals surface area contributed by atoms with Gasteiger partial charge in [-0.15, -0.1) is 0 Å². The van der Waals surface area contributed by atoms with Crippen LogP contribution in [0.3, 0.4) is 0 Å². The summed E-state index contributed by atoms with van der Waals surface area (Å²) in [6.45, 7) is 4.06. The highest BCUT2D eigenvalue weighted by molar-refractivity contribution is 6.30. The first-order valence-corrected chi connectivity index (χ1v) is 7.36. The molecule has 3 heteroatoms. The first-order valence-electron chi connectivity index (χ1n) is 6.98. The van der Waals surface area contributed by atoms with Crippen LogP contribution in [0, 0.1) is 5.92 Å². The maximum atomic E-state index is 6.25. The monoisotopic (exact) mass is 265 g/mol. The molecule has 1 N–H and O–H groups in total. The average molecular weight is 266 g/mol. The maximum absolute atomic E-state index is 6.25. The van der Waals surface area contributed by atoms with Crippen molar-refractivity contribution in [3.63, 3.8) is 0 Å². The molecule has 98 valence electrons. The molecule has 3 rings (SSSR count). The molecule has 1 unspecified atom stereocenters. The van der Waals surface area contributed by atoms with E-state index in [-0.39, 0.29) is 0 Å². The van der Waals surface area contributed by atoms with Gasteiger partial charge in [0.15, 0.2) is 0 Å². The zero-order valence-corrected chi connectivity index (χ0v) is 11.6. The Labute approximate surface area is 114 Å². The van der Waals surface area contributed by atoms with Crippen molar-refractivity contribution in [2.45, 2.75) is 38.6 Å². The van der Waals surface area contributed by atoms with Crippen molar-refractivity contribution in [1.29, 1.82) is 0 Å². The Hall–Kier alpha value is -0.730. The largest absolute Gasteiger partial charge is 0.493 e. The molecule has 18 heavy (non-hydrogen) atoms. The molecular formula is C15H20ClNO. The van der Waals surface area contributed by atoms with Gasteiger partial charge in [0.2, 0.25) is 0 Å². The number of rotatable bonds is 5. The molecule has 1 heterocycles. The van der Waals surface area contributed by atoms with Crippen LogP contribution in [0.4, 0.5) is 0 Å². The highest BCUT2D eigenvalue weighted by atomic mass is 35.5. The quantitative estimate of drug-likeness (QED) is 0.876. The van der Waals surface area contributed by atoms with Gasteiger partial charge in [0.1, 0.15) is 5.75 Å². The third-order valence-corrected chi connectivity index (χ3v) is 4.04. The Bertz CT molecular complexity index is 442. The zero-order valence-electron chi connectivity index (χ0n) is 10.8. The molecule has 1 saturated carbocycles. The van der Waals surface area contributed by atoms with Gasteiger partial charge in [-0.2, -0.15) is 0 Å². The number of hydrogen-bond donors (Lipinski definition) is 1. The van der Waals surface area contributed by atoms with Gasteiger partial charge in [-0.1, -0.05) is 18.5 Å². The number of fused-ring (bicyclic) bond motifs is 1. The first kappa shape index (κ1) is 12.3. The SMILES string of the molecule is CCCNC(c1cc(Cl)cc2c1OCC2)C1CC1. The summed E-state index contributed by atoms with van der Waals surface area (Å²) in [5, 5.41) is 4.51. The highest BCUT2D eigenvalue weighted by Crippen LogP contribution is 2.46. The van der Waals surface area contributed by atoms with Crippen molar-refractivity contribution in [1.82, 2.24) is 5.32 Å². The Morgan fingerprint density at radius 2 is 2.28 bits per heavy atom. The van der Waals surface area contributed by atoms with E-state index in [0.29, 0.717) is 6.04 Å². The van der Waals surface area contributed by atoms with Crippen LogP contribution in [-0.4, -0.2) is 13.2 Å². The summed E-state index contributed by atoms with van der Waals surface area (Å²) in [4.78, 5) is 0. The van der Waals surface area contributed by atoms with E-state index in [1.807, 2.05) is 0 Å². The van der Waals surface area contributed by atoms with Gasteiger partial charge < -0.3 is 10.1 Å². The lowest BCUT2D eigenvalue weighted by atomic mass is 9.98. The molecule has 2 aliphatic rings. The van der Waals surface area contributed by atoms with Gasteiger partial charge in [0.25, 0.3) is 0 Å². The van der Waals surface area contributed by atoms with Gasteiger partial charge in [-0.25, -0.2) is 0 Å². The smallest absolute Gasteiger partial charge is 0.127 e. The zero-order chi connectivity index (χ0) is 12.5. The molecule has 1 aromatic rings. The van der Waals surface area contributed by atoms with Gasteiger partial charge in [-0.3, -0.25) is 0 Å². The van der Waals surface area contributed by atoms with Gasteiger partial charge in [-0.05, 0) is 49.4 Å². The van der Waals surface area contributed by atoms with Crippen LogP contribution >= 0.6 is 11.6 Å². The summed E-state index contributed by atoms with van der Waals surface area (Å²) in [7, 11) is 0. The number of hydrogen-bond acceptors (Lipinski definition) is 2. The van der Waals surface area contributed by atoms with Crippen LogP contribution in [0.2, 0.25) is 5.02 Å². The Balaban J connectivity index is 1.93. The molecule has 1 atom stereocenters. The lowest BCUT2D eigenvalue weighted by molar-refractivity contribution is 0.345. The van der Waals surface area contributed by atoms with E-state index in [2.05, 4.69) is 24.4 Å². The summed E-state index contributed by atoms with van der Waals surface area (Å²) in [6.07, 6.45) is 4.80. The molecule has 0 bridgehead atoms. The van der Waals surface area contributed by atoms with Crippen molar-refractivity contribution in [2.24, 2.45) is 5.92 Å². The van der Waals surface area contributed by atoms with Gasteiger partial charge >= 0.3 is 0 Å². The number of ether oxygens (including phenoxy) is 1. The van der Waals surface area contributed by atoms with Crippen LogP contribution in [-0.2, 0) is 6.42 Å². The highest BCUT2D eigenvalue weighted by Gasteiger charge is 2.35. The second-order valence-corrected chi connectivity index (χ2v) is 5.79. The van der Waals surface area contributed by atoms with Crippen molar-refractivity contribution in [3.05, 3.63) is 28.3 Å². The fourth-order valence-electron chi connectivity index (χ4n) is 2.79. The lowest BCUT2D eigenvalue weighted by Gasteiger charge is -2.21. The molecule has 1 aromatic carbocycles. The first-order chi connectivity index (χ1) is 8.79. The minimum atomic E-state index is 0.426. The predicted molar refractivity (Wildman–Crippen MR) is 74.4 cm³/mol. The average Bonchev–Trinajstić information content (AvgIpc) is 3.08. The molecule has 0 saturated heterocycles. The normalized spacial score (nSPS) is 19.4. The van der Waals surface area contributed by atoms with Crippen molar-refractivity contribution >= 4 is 11.6 Å². The molecular weight excluding hydrogens is 246 g/mol. The second-order valence-electron chi connectivity index (χ2n) is 5.35. The summed E-state index contributed by atoms with van der Waals surface area (Å²) >= 11 is 6.25. The summed E-state index contributed by atoms with van der Waals surface area (Å²) in [5.41, 5.74) is 2.56. The number of halogens is 1. The van der Waals surface area contributed by atoms with Crippen molar-refractivity contribution < 1.29 is 4.74 Å². The minimum absolute atomic E-state index is 0.426. The molecule has 0 radical (unpaired) electrons. The molecule has 2 nitrogen and oxygen atoms in total. The van der Waals surface area contributed by atoms with Gasteiger partial charge in [0, 0.05) is 23.0 Å². The number of benzene rings is 1. The third kappa shape index (κ3) is 2.36. The molecule has 0 amide bonds. The van der Waals surface area contributed by atoms with Gasteiger partial charge in [0.05, 0.1) is 6.61 Å². The van der Waals surface area contributed by atoms with Crippen LogP contribution in [0.1, 0.15) is 43.4 Å². The predicted octanol–water partition coefficient (Wildman–Crippen LogP) is 3.73. The Morgan fingerprint density at radius 3 is 3.00 bits per heavy atom. The van der Waals surface area contributed by atoms with E-state index in [1.165, 1.54) is 24.0 Å². The molecule has 0 spiro atoms. The summed E-state index contributed by atoms with van der Waals surface area (Å²) in [5.74, 6) is 1.86. The number of nitrogens with one attached hydrogen (secondary N) is 1. The topological polar surface area (TPSA) is 21.3 Å². The van der Waals surface area contributed by atoms with Crippen LogP contribution in [0.25, 0.3) is 0 Å². The van der Waals surface area contributed by atoms with Crippen molar-refractivity contribution in [2.75, 3.05) is 13.2 Å². The Morgan fingerprint density at radius 1 is 1.44 bits per heavy atom. The molecule has 0 aromatic heterocycles. The standard InChI is InChI=1S/C15H20ClNO/c1-2-6-17-14(10-3-4-10)13-9-12(16)8-11-5-7-18-15(11)13/h8-10,14,17H,2-7H2,1H3. The fraction of sp³-hybridized carbons (Fsp3) is 0.600. The maximum Gasteiger partial charge on any atom is 0.127 e. The molecule has 1 aliphatic heterocycles.